The Morgan fingerprint density at radius 3 is 2.47 bits per heavy atom. The fourth-order valence-electron chi connectivity index (χ4n) is 3.94. The normalized spacial score (nSPS) is 18.4. The lowest BCUT2D eigenvalue weighted by molar-refractivity contribution is 0.488. The number of nitrogens with zero attached hydrogens (tertiary/aromatic N) is 1. The standard InChI is InChI=1S/C22H25BrN2O3S2/c1-22(2,3)29(26)24-18-8-6-10-20-21(18)17-7-4-5-9-19(17)25(20)30(27,28)16-13-11-15(23)12-14-16/h4-5,7,9,11-14,18,24H,6,8,10H2,1-3H3/t18-,29?/m0/s1. The summed E-state index contributed by atoms with van der Waals surface area (Å²) in [4.78, 5) is 0.252. The molecule has 0 amide bonds. The molecule has 0 fully saturated rings. The van der Waals surface area contributed by atoms with Crippen LogP contribution in [0.15, 0.2) is 57.9 Å². The van der Waals surface area contributed by atoms with Crippen LogP contribution in [0.2, 0.25) is 0 Å². The maximum atomic E-state index is 13.6. The molecule has 1 aliphatic rings. The molecule has 3 aromatic rings. The Balaban J connectivity index is 1.91. The van der Waals surface area contributed by atoms with Crippen LogP contribution in [-0.4, -0.2) is 21.7 Å². The lowest BCUT2D eigenvalue weighted by Crippen LogP contribution is -2.42. The van der Waals surface area contributed by atoms with Gasteiger partial charge in [0.05, 0.1) is 16.5 Å². The van der Waals surface area contributed by atoms with E-state index in [0.29, 0.717) is 11.9 Å². The second-order valence-corrected chi connectivity index (χ2v) is 13.2. The fourth-order valence-corrected chi connectivity index (χ4v) is 6.64. The van der Waals surface area contributed by atoms with Gasteiger partial charge in [0.2, 0.25) is 0 Å². The van der Waals surface area contributed by atoms with E-state index in [2.05, 4.69) is 20.7 Å². The summed E-state index contributed by atoms with van der Waals surface area (Å²) in [6, 6.07) is 14.2. The van der Waals surface area contributed by atoms with Gasteiger partial charge in [0.15, 0.2) is 0 Å². The van der Waals surface area contributed by atoms with Crippen molar-refractivity contribution in [3.05, 3.63) is 64.3 Å². The predicted octanol–water partition coefficient (Wildman–Crippen LogP) is 5.07. The molecule has 5 nitrogen and oxygen atoms in total. The van der Waals surface area contributed by atoms with Gasteiger partial charge >= 0.3 is 0 Å². The van der Waals surface area contributed by atoms with Gasteiger partial charge in [0, 0.05) is 32.5 Å². The molecular weight excluding hydrogens is 484 g/mol. The minimum atomic E-state index is -3.77. The van der Waals surface area contributed by atoms with E-state index in [1.165, 1.54) is 3.97 Å². The molecule has 8 heteroatoms. The number of benzene rings is 2. The third-order valence-electron chi connectivity index (χ3n) is 5.38. The zero-order valence-electron chi connectivity index (χ0n) is 17.2. The molecule has 1 N–H and O–H groups in total. The summed E-state index contributed by atoms with van der Waals surface area (Å²) >= 11 is 2.12. The summed E-state index contributed by atoms with van der Waals surface area (Å²) in [6.45, 7) is 5.80. The molecule has 2 atom stereocenters. The average molecular weight is 509 g/mol. The largest absolute Gasteiger partial charge is 0.598 e. The van der Waals surface area contributed by atoms with E-state index in [4.69, 9.17) is 0 Å². The van der Waals surface area contributed by atoms with E-state index >= 15 is 0 Å². The van der Waals surface area contributed by atoms with Gasteiger partial charge in [-0.3, -0.25) is 0 Å². The van der Waals surface area contributed by atoms with Crippen LogP contribution < -0.4 is 4.72 Å². The van der Waals surface area contributed by atoms with Crippen LogP contribution in [-0.2, 0) is 27.8 Å². The van der Waals surface area contributed by atoms with Crippen molar-refractivity contribution in [3.8, 4) is 0 Å². The second-order valence-electron chi connectivity index (χ2n) is 8.54. The zero-order valence-corrected chi connectivity index (χ0v) is 20.4. The van der Waals surface area contributed by atoms with Gasteiger partial charge in [-0.05, 0) is 70.4 Å². The molecule has 1 heterocycles. The smallest absolute Gasteiger partial charge is 0.268 e. The van der Waals surface area contributed by atoms with Crippen LogP contribution in [0.3, 0.4) is 0 Å². The van der Waals surface area contributed by atoms with Gasteiger partial charge in [-0.2, -0.15) is 0 Å². The van der Waals surface area contributed by atoms with E-state index in [1.54, 1.807) is 24.3 Å². The highest BCUT2D eigenvalue weighted by atomic mass is 79.9. The lowest BCUT2D eigenvalue weighted by Gasteiger charge is -2.30. The molecule has 0 saturated carbocycles. The van der Waals surface area contributed by atoms with Crippen molar-refractivity contribution in [2.45, 2.75) is 55.7 Å². The summed E-state index contributed by atoms with van der Waals surface area (Å²) < 4.78 is 45.3. The Bertz CT molecular complexity index is 1180. The summed E-state index contributed by atoms with van der Waals surface area (Å²) in [7, 11) is -3.77. The third kappa shape index (κ3) is 3.84. The molecule has 1 aliphatic carbocycles. The first-order valence-electron chi connectivity index (χ1n) is 9.92. The van der Waals surface area contributed by atoms with Crippen molar-refractivity contribution >= 4 is 48.2 Å². The molecule has 0 aliphatic heterocycles. The number of nitrogens with one attached hydrogen (secondary N) is 1. The molecule has 0 bridgehead atoms. The number of fused-ring (bicyclic) bond motifs is 3. The minimum Gasteiger partial charge on any atom is -0.598 e. The number of hydrogen-bond acceptors (Lipinski definition) is 4. The van der Waals surface area contributed by atoms with Crippen molar-refractivity contribution in [1.29, 1.82) is 0 Å². The number of rotatable bonds is 4. The molecular formula is C22H25BrN2O3S2. The van der Waals surface area contributed by atoms with E-state index < -0.39 is 26.1 Å². The van der Waals surface area contributed by atoms with E-state index in [-0.39, 0.29) is 10.9 Å². The molecule has 1 unspecified atom stereocenters. The van der Waals surface area contributed by atoms with Gasteiger partial charge in [0.25, 0.3) is 10.0 Å². The highest BCUT2D eigenvalue weighted by molar-refractivity contribution is 9.10. The van der Waals surface area contributed by atoms with Crippen LogP contribution in [0.5, 0.6) is 0 Å². The molecule has 30 heavy (non-hydrogen) atoms. The highest BCUT2D eigenvalue weighted by Gasteiger charge is 2.36. The topological polar surface area (TPSA) is 74.2 Å². The Morgan fingerprint density at radius 2 is 1.80 bits per heavy atom. The van der Waals surface area contributed by atoms with E-state index in [0.717, 1.165) is 34.0 Å². The van der Waals surface area contributed by atoms with Gasteiger partial charge in [-0.15, -0.1) is 4.72 Å². The average Bonchev–Trinajstić information content (AvgIpc) is 3.03. The molecule has 0 saturated heterocycles. The van der Waals surface area contributed by atoms with Crippen LogP contribution in [0, 0.1) is 0 Å². The van der Waals surface area contributed by atoms with E-state index in [1.807, 2.05) is 45.0 Å². The number of aromatic nitrogens is 1. The van der Waals surface area contributed by atoms with Crippen LogP contribution >= 0.6 is 15.9 Å². The van der Waals surface area contributed by atoms with Gasteiger partial charge in [-0.1, -0.05) is 34.1 Å². The molecule has 2 aromatic carbocycles. The fraction of sp³-hybridized carbons (Fsp3) is 0.364. The number of hydrogen-bond donors (Lipinski definition) is 1. The first kappa shape index (κ1) is 21.9. The van der Waals surface area contributed by atoms with Gasteiger partial charge in [0.1, 0.15) is 4.75 Å². The van der Waals surface area contributed by atoms with Crippen LogP contribution in [0.1, 0.15) is 50.9 Å². The van der Waals surface area contributed by atoms with Crippen molar-refractivity contribution in [2.24, 2.45) is 0 Å². The van der Waals surface area contributed by atoms with Gasteiger partial charge in [-0.25, -0.2) is 12.4 Å². The SMILES string of the molecule is CC(C)(C)[S+]([O-])N[C@H]1CCCc2c1c1ccccc1n2S(=O)(=O)c1ccc(Br)cc1. The summed E-state index contributed by atoms with van der Waals surface area (Å²) in [5.74, 6) is 0. The minimum absolute atomic E-state index is 0.153. The van der Waals surface area contributed by atoms with Crippen molar-refractivity contribution in [3.63, 3.8) is 0 Å². The predicted molar refractivity (Wildman–Crippen MR) is 125 cm³/mol. The quantitative estimate of drug-likeness (QED) is 0.499. The van der Waals surface area contributed by atoms with Crippen LogP contribution in [0.25, 0.3) is 10.9 Å². The number of para-hydroxylation sites is 1. The van der Waals surface area contributed by atoms with Gasteiger partial charge < -0.3 is 4.55 Å². The van der Waals surface area contributed by atoms with E-state index in [9.17, 15) is 13.0 Å². The Labute approximate surface area is 189 Å². The maximum Gasteiger partial charge on any atom is 0.268 e. The maximum absolute atomic E-state index is 13.6. The molecule has 160 valence electrons. The summed E-state index contributed by atoms with van der Waals surface area (Å²) in [5, 5.41) is 0.899. The van der Waals surface area contributed by atoms with Crippen LogP contribution in [0.4, 0.5) is 0 Å². The van der Waals surface area contributed by atoms with Crippen molar-refractivity contribution < 1.29 is 13.0 Å². The zero-order chi connectivity index (χ0) is 21.7. The first-order chi connectivity index (χ1) is 14.1. The summed E-state index contributed by atoms with van der Waals surface area (Å²) in [5.41, 5.74) is 2.41. The molecule has 0 spiro atoms. The molecule has 1 aromatic heterocycles. The Hall–Kier alpha value is -1.32. The van der Waals surface area contributed by atoms with Crippen molar-refractivity contribution in [2.75, 3.05) is 0 Å². The lowest BCUT2D eigenvalue weighted by atomic mass is 9.91. The highest BCUT2D eigenvalue weighted by Crippen LogP contribution is 2.40. The second kappa shape index (κ2) is 7.98. The van der Waals surface area contributed by atoms with Crippen molar-refractivity contribution in [1.82, 2.24) is 8.69 Å². The molecule has 4 rings (SSSR count). The Kier molecular flexibility index (Phi) is 5.83. The monoisotopic (exact) mass is 508 g/mol. The number of halogens is 1. The third-order valence-corrected chi connectivity index (χ3v) is 9.29. The first-order valence-corrected chi connectivity index (χ1v) is 13.3. The molecule has 0 radical (unpaired) electrons. The summed E-state index contributed by atoms with van der Waals surface area (Å²) in [6.07, 6.45) is 2.32. The Morgan fingerprint density at radius 1 is 1.13 bits per heavy atom.